The molecule has 0 aliphatic rings. The normalized spacial score (nSPS) is 11.6. The van der Waals surface area contributed by atoms with Crippen LogP contribution in [-0.4, -0.2) is 15.6 Å². The summed E-state index contributed by atoms with van der Waals surface area (Å²) in [6.45, 7) is 0. The molecule has 0 radical (unpaired) electrons. The number of carbonyl (C=O) groups is 1. The number of halogens is 3. The lowest BCUT2D eigenvalue weighted by Gasteiger charge is -2.10. The second-order valence-corrected chi connectivity index (χ2v) is 3.97. The zero-order valence-corrected chi connectivity index (χ0v) is 9.90. The fourth-order valence-electron chi connectivity index (χ4n) is 1.66. The lowest BCUT2D eigenvalue weighted by Crippen LogP contribution is -2.13. The molecule has 7 heteroatoms. The maximum Gasteiger partial charge on any atom is 0.416 e. The Morgan fingerprint density at radius 3 is 2.53 bits per heavy atom. The zero-order chi connectivity index (χ0) is 14.2. The fourth-order valence-corrected chi connectivity index (χ4v) is 1.66. The number of nitrogens with two attached hydrogens (primary N) is 1. The molecule has 0 aliphatic carbocycles. The number of hydrogen-bond acceptors (Lipinski definition) is 3. The van der Waals surface area contributed by atoms with Gasteiger partial charge in [-0.25, -0.2) is 0 Å². The Bertz CT molecular complexity index is 631. The number of carbonyl (C=O) groups excluding carboxylic acids is 1. The maximum absolute atomic E-state index is 12.6. The molecule has 0 saturated carbocycles. The van der Waals surface area contributed by atoms with Gasteiger partial charge in [-0.1, -0.05) is 0 Å². The lowest BCUT2D eigenvalue weighted by atomic mass is 10.0. The molecule has 2 rings (SSSR count). The number of aryl methyl sites for hydroxylation is 1. The second kappa shape index (κ2) is 4.42. The van der Waals surface area contributed by atoms with E-state index in [4.69, 9.17) is 5.73 Å². The van der Waals surface area contributed by atoms with Crippen molar-refractivity contribution in [2.45, 2.75) is 6.18 Å². The van der Waals surface area contributed by atoms with Crippen molar-refractivity contribution in [1.29, 1.82) is 0 Å². The number of aromatic nitrogens is 2. The van der Waals surface area contributed by atoms with E-state index in [9.17, 15) is 18.0 Å². The molecule has 0 saturated heterocycles. The molecular weight excluding hydrogens is 259 g/mol. The Balaban J connectivity index is 2.51. The lowest BCUT2D eigenvalue weighted by molar-refractivity contribution is -0.137. The third-order valence-corrected chi connectivity index (χ3v) is 2.68. The standard InChI is InChI=1S/C12H10F3N3O/c1-18-10(4-5-17-18)11(19)8-6-7(12(13,14)15)2-3-9(8)16/h2-6H,16H2,1H3. The summed E-state index contributed by atoms with van der Waals surface area (Å²) < 4.78 is 39.1. The first kappa shape index (κ1) is 13.1. The van der Waals surface area contributed by atoms with Gasteiger partial charge >= 0.3 is 6.18 Å². The van der Waals surface area contributed by atoms with E-state index in [0.29, 0.717) is 0 Å². The average molecular weight is 269 g/mol. The van der Waals surface area contributed by atoms with E-state index in [1.807, 2.05) is 0 Å². The average Bonchev–Trinajstić information content (AvgIpc) is 2.73. The van der Waals surface area contributed by atoms with Crippen LogP contribution in [-0.2, 0) is 13.2 Å². The van der Waals surface area contributed by atoms with Crippen molar-refractivity contribution in [3.8, 4) is 0 Å². The van der Waals surface area contributed by atoms with E-state index in [1.165, 1.54) is 24.0 Å². The number of ketones is 1. The summed E-state index contributed by atoms with van der Waals surface area (Å²) in [5.74, 6) is -0.594. The molecule has 0 bridgehead atoms. The number of nitrogens with zero attached hydrogens (tertiary/aromatic N) is 2. The van der Waals surface area contributed by atoms with Crippen LogP contribution >= 0.6 is 0 Å². The molecule has 2 N–H and O–H groups in total. The smallest absolute Gasteiger partial charge is 0.398 e. The van der Waals surface area contributed by atoms with Crippen molar-refractivity contribution in [2.75, 3.05) is 5.73 Å². The molecule has 2 aromatic rings. The minimum Gasteiger partial charge on any atom is -0.398 e. The van der Waals surface area contributed by atoms with Gasteiger partial charge in [0.15, 0.2) is 0 Å². The van der Waals surface area contributed by atoms with Crippen LogP contribution in [0.2, 0.25) is 0 Å². The Morgan fingerprint density at radius 1 is 1.32 bits per heavy atom. The first-order valence-corrected chi connectivity index (χ1v) is 5.30. The zero-order valence-electron chi connectivity index (χ0n) is 9.90. The number of anilines is 1. The summed E-state index contributed by atoms with van der Waals surface area (Å²) in [6, 6.07) is 4.09. The third-order valence-electron chi connectivity index (χ3n) is 2.68. The molecule has 0 spiro atoms. The molecule has 4 nitrogen and oxygen atoms in total. The highest BCUT2D eigenvalue weighted by Gasteiger charge is 2.31. The quantitative estimate of drug-likeness (QED) is 0.672. The van der Waals surface area contributed by atoms with Crippen LogP contribution in [0.5, 0.6) is 0 Å². The van der Waals surface area contributed by atoms with Crippen LogP contribution in [0.4, 0.5) is 18.9 Å². The van der Waals surface area contributed by atoms with Crippen molar-refractivity contribution in [2.24, 2.45) is 7.05 Å². The van der Waals surface area contributed by atoms with Gasteiger partial charge < -0.3 is 5.73 Å². The number of alkyl halides is 3. The van der Waals surface area contributed by atoms with Crippen LogP contribution in [0.25, 0.3) is 0 Å². The predicted molar refractivity (Wildman–Crippen MR) is 62.5 cm³/mol. The summed E-state index contributed by atoms with van der Waals surface area (Å²) in [6.07, 6.45) is -3.13. The van der Waals surface area contributed by atoms with Crippen molar-refractivity contribution in [3.63, 3.8) is 0 Å². The number of rotatable bonds is 2. The van der Waals surface area contributed by atoms with E-state index in [0.717, 1.165) is 18.2 Å². The van der Waals surface area contributed by atoms with Gasteiger partial charge in [-0.15, -0.1) is 0 Å². The summed E-state index contributed by atoms with van der Waals surface area (Å²) in [4.78, 5) is 12.1. The van der Waals surface area contributed by atoms with Gasteiger partial charge in [0, 0.05) is 24.5 Å². The molecule has 100 valence electrons. The predicted octanol–water partition coefficient (Wildman–Crippen LogP) is 2.25. The second-order valence-electron chi connectivity index (χ2n) is 3.97. The van der Waals surface area contributed by atoms with Crippen LogP contribution in [0, 0.1) is 0 Å². The van der Waals surface area contributed by atoms with Crippen molar-refractivity contribution in [1.82, 2.24) is 9.78 Å². The largest absolute Gasteiger partial charge is 0.416 e. The van der Waals surface area contributed by atoms with Gasteiger partial charge in [-0.05, 0) is 24.3 Å². The minimum atomic E-state index is -4.52. The molecule has 0 amide bonds. The Labute approximate surface area is 106 Å². The summed E-state index contributed by atoms with van der Waals surface area (Å²) >= 11 is 0. The monoisotopic (exact) mass is 269 g/mol. The maximum atomic E-state index is 12.6. The van der Waals surface area contributed by atoms with Gasteiger partial charge in [0.2, 0.25) is 5.78 Å². The van der Waals surface area contributed by atoms with Gasteiger partial charge in [0.05, 0.1) is 5.56 Å². The molecular formula is C12H10F3N3O. The Morgan fingerprint density at radius 2 is 2.00 bits per heavy atom. The minimum absolute atomic E-state index is 0.000741. The molecule has 1 aromatic heterocycles. The molecule has 1 heterocycles. The van der Waals surface area contributed by atoms with Crippen LogP contribution in [0.15, 0.2) is 30.5 Å². The number of hydrogen-bond donors (Lipinski definition) is 1. The molecule has 19 heavy (non-hydrogen) atoms. The molecule has 1 aromatic carbocycles. The molecule has 0 fully saturated rings. The van der Waals surface area contributed by atoms with Gasteiger partial charge in [0.25, 0.3) is 0 Å². The van der Waals surface area contributed by atoms with Crippen molar-refractivity contribution < 1.29 is 18.0 Å². The summed E-state index contributed by atoms with van der Waals surface area (Å²) in [5, 5.41) is 3.80. The first-order valence-electron chi connectivity index (χ1n) is 5.30. The molecule has 0 aliphatic heterocycles. The molecule has 0 atom stereocenters. The fraction of sp³-hybridized carbons (Fsp3) is 0.167. The number of nitrogen functional groups attached to an aromatic ring is 1. The van der Waals surface area contributed by atoms with Crippen LogP contribution < -0.4 is 5.73 Å². The topological polar surface area (TPSA) is 60.9 Å². The van der Waals surface area contributed by atoms with E-state index >= 15 is 0 Å². The summed E-state index contributed by atoms with van der Waals surface area (Å²) in [5.41, 5.74) is 4.65. The van der Waals surface area contributed by atoms with Crippen LogP contribution in [0.1, 0.15) is 21.6 Å². The third kappa shape index (κ3) is 2.44. The highest BCUT2D eigenvalue weighted by atomic mass is 19.4. The van der Waals surface area contributed by atoms with Gasteiger partial charge in [-0.3, -0.25) is 9.48 Å². The first-order chi connectivity index (χ1) is 8.80. The van der Waals surface area contributed by atoms with E-state index in [1.54, 1.807) is 0 Å². The SMILES string of the molecule is Cn1nccc1C(=O)c1cc(C(F)(F)F)ccc1N. The highest BCUT2D eigenvalue weighted by Crippen LogP contribution is 2.31. The van der Waals surface area contributed by atoms with E-state index in [-0.39, 0.29) is 16.9 Å². The van der Waals surface area contributed by atoms with Gasteiger partial charge in [-0.2, -0.15) is 18.3 Å². The molecule has 0 unspecified atom stereocenters. The van der Waals surface area contributed by atoms with Gasteiger partial charge in [0.1, 0.15) is 5.69 Å². The van der Waals surface area contributed by atoms with Crippen molar-refractivity contribution in [3.05, 3.63) is 47.3 Å². The summed E-state index contributed by atoms with van der Waals surface area (Å²) in [7, 11) is 1.52. The Hall–Kier alpha value is -2.31. The van der Waals surface area contributed by atoms with E-state index in [2.05, 4.69) is 5.10 Å². The van der Waals surface area contributed by atoms with Crippen molar-refractivity contribution >= 4 is 11.5 Å². The Kier molecular flexibility index (Phi) is 3.05. The number of benzene rings is 1. The van der Waals surface area contributed by atoms with Crippen LogP contribution in [0.3, 0.4) is 0 Å². The highest BCUT2D eigenvalue weighted by molar-refractivity contribution is 6.11. The van der Waals surface area contributed by atoms with E-state index < -0.39 is 17.5 Å².